The highest BCUT2D eigenvalue weighted by atomic mass is 19.1. The van der Waals surface area contributed by atoms with Crippen molar-refractivity contribution in [3.05, 3.63) is 53.8 Å². The van der Waals surface area contributed by atoms with Crippen molar-refractivity contribution in [1.29, 1.82) is 0 Å². The van der Waals surface area contributed by atoms with E-state index in [-0.39, 0.29) is 5.56 Å². The molecule has 19 heavy (non-hydrogen) atoms. The van der Waals surface area contributed by atoms with Crippen LogP contribution in [0.5, 0.6) is 5.75 Å². The maximum atomic E-state index is 13.1. The molecule has 0 aliphatic carbocycles. The van der Waals surface area contributed by atoms with E-state index in [2.05, 4.69) is 0 Å². The second kappa shape index (κ2) is 5.52. The summed E-state index contributed by atoms with van der Waals surface area (Å²) < 4.78 is 18.5. The van der Waals surface area contributed by atoms with Crippen LogP contribution in [0.25, 0.3) is 11.1 Å². The Labute approximate surface area is 110 Å². The summed E-state index contributed by atoms with van der Waals surface area (Å²) in [4.78, 5) is 11.2. The average Bonchev–Trinajstić information content (AvgIpc) is 2.39. The van der Waals surface area contributed by atoms with Crippen LogP contribution in [0.1, 0.15) is 17.3 Å². The second-order valence-corrected chi connectivity index (χ2v) is 3.96. The predicted molar refractivity (Wildman–Crippen MR) is 70.0 cm³/mol. The number of hydrogen-bond acceptors (Lipinski definition) is 2. The molecular formula is C15H13FO3. The Kier molecular flexibility index (Phi) is 3.80. The molecule has 0 fully saturated rings. The summed E-state index contributed by atoms with van der Waals surface area (Å²) in [6.45, 7) is 2.39. The van der Waals surface area contributed by atoms with Crippen molar-refractivity contribution in [1.82, 2.24) is 0 Å². The summed E-state index contributed by atoms with van der Waals surface area (Å²) in [7, 11) is 0. The molecule has 98 valence electrons. The number of rotatable bonds is 4. The summed E-state index contributed by atoms with van der Waals surface area (Å²) in [5, 5.41) is 9.13. The lowest BCUT2D eigenvalue weighted by atomic mass is 9.99. The first-order chi connectivity index (χ1) is 9.11. The molecule has 0 aliphatic heterocycles. The minimum Gasteiger partial charge on any atom is -0.494 e. The van der Waals surface area contributed by atoms with Gasteiger partial charge in [0.05, 0.1) is 12.2 Å². The molecule has 3 nitrogen and oxygen atoms in total. The molecule has 0 unspecified atom stereocenters. The zero-order valence-corrected chi connectivity index (χ0v) is 10.4. The van der Waals surface area contributed by atoms with E-state index in [1.54, 1.807) is 24.3 Å². The van der Waals surface area contributed by atoms with E-state index in [1.807, 2.05) is 6.92 Å². The van der Waals surface area contributed by atoms with Crippen LogP contribution in [0, 0.1) is 5.82 Å². The molecule has 1 N–H and O–H groups in total. The number of carboxylic acids is 1. The summed E-state index contributed by atoms with van der Waals surface area (Å²) in [6.07, 6.45) is 0. The van der Waals surface area contributed by atoms with E-state index < -0.39 is 11.8 Å². The van der Waals surface area contributed by atoms with Gasteiger partial charge >= 0.3 is 5.97 Å². The van der Waals surface area contributed by atoms with Gasteiger partial charge in [0.1, 0.15) is 11.6 Å². The maximum Gasteiger partial charge on any atom is 0.336 e. The first kappa shape index (κ1) is 13.1. The van der Waals surface area contributed by atoms with Crippen molar-refractivity contribution in [2.45, 2.75) is 6.92 Å². The van der Waals surface area contributed by atoms with Crippen molar-refractivity contribution in [3.8, 4) is 16.9 Å². The summed E-state index contributed by atoms with van der Waals surface area (Å²) in [6, 6.07) is 10.8. The van der Waals surface area contributed by atoms with Crippen molar-refractivity contribution in [2.75, 3.05) is 6.61 Å². The Morgan fingerprint density at radius 2 is 2.05 bits per heavy atom. The number of carboxylic acid groups (broad SMARTS) is 1. The first-order valence-electron chi connectivity index (χ1n) is 5.88. The number of carbonyl (C=O) groups is 1. The molecule has 0 atom stereocenters. The van der Waals surface area contributed by atoms with Gasteiger partial charge in [0.2, 0.25) is 0 Å². The fourth-order valence-corrected chi connectivity index (χ4v) is 1.87. The Morgan fingerprint density at radius 1 is 1.26 bits per heavy atom. The SMILES string of the molecule is CCOc1cccc(-c2ccc(F)cc2C(=O)O)c1. The molecule has 0 amide bonds. The van der Waals surface area contributed by atoms with E-state index in [9.17, 15) is 9.18 Å². The number of aromatic carboxylic acids is 1. The highest BCUT2D eigenvalue weighted by Crippen LogP contribution is 2.27. The summed E-state index contributed by atoms with van der Waals surface area (Å²) in [5.74, 6) is -1.07. The van der Waals surface area contributed by atoms with E-state index in [1.165, 1.54) is 12.1 Å². The van der Waals surface area contributed by atoms with E-state index in [4.69, 9.17) is 9.84 Å². The second-order valence-electron chi connectivity index (χ2n) is 3.96. The van der Waals surface area contributed by atoms with Crippen molar-refractivity contribution < 1.29 is 19.0 Å². The van der Waals surface area contributed by atoms with Gasteiger partial charge in [-0.25, -0.2) is 9.18 Å². The summed E-state index contributed by atoms with van der Waals surface area (Å²) in [5.41, 5.74) is 1.09. The normalized spacial score (nSPS) is 10.2. The van der Waals surface area contributed by atoms with Gasteiger partial charge in [-0.2, -0.15) is 0 Å². The molecule has 2 rings (SSSR count). The molecule has 0 aromatic heterocycles. The molecule has 0 saturated carbocycles. The zero-order valence-electron chi connectivity index (χ0n) is 10.4. The number of benzene rings is 2. The average molecular weight is 260 g/mol. The fourth-order valence-electron chi connectivity index (χ4n) is 1.87. The monoisotopic (exact) mass is 260 g/mol. The third-order valence-corrected chi connectivity index (χ3v) is 2.67. The highest BCUT2D eigenvalue weighted by molar-refractivity contribution is 5.96. The highest BCUT2D eigenvalue weighted by Gasteiger charge is 2.13. The van der Waals surface area contributed by atoms with Gasteiger partial charge in [-0.1, -0.05) is 18.2 Å². The quantitative estimate of drug-likeness (QED) is 0.913. The van der Waals surface area contributed by atoms with Gasteiger partial charge in [0, 0.05) is 0 Å². The molecule has 0 spiro atoms. The van der Waals surface area contributed by atoms with Crippen LogP contribution in [-0.2, 0) is 0 Å². The Hall–Kier alpha value is -2.36. The molecular weight excluding hydrogens is 247 g/mol. The first-order valence-corrected chi connectivity index (χ1v) is 5.88. The standard InChI is InChI=1S/C15H13FO3/c1-2-19-12-5-3-4-10(8-12)13-7-6-11(16)9-14(13)15(17)18/h3-9H,2H2,1H3,(H,17,18). The van der Waals surface area contributed by atoms with Crippen LogP contribution in [0.15, 0.2) is 42.5 Å². The molecule has 4 heteroatoms. The van der Waals surface area contributed by atoms with Gasteiger partial charge < -0.3 is 9.84 Å². The van der Waals surface area contributed by atoms with Gasteiger partial charge in [-0.3, -0.25) is 0 Å². The molecule has 0 saturated heterocycles. The minimum atomic E-state index is -1.16. The Morgan fingerprint density at radius 3 is 2.74 bits per heavy atom. The van der Waals surface area contributed by atoms with Crippen LogP contribution in [0.2, 0.25) is 0 Å². The fraction of sp³-hybridized carbons (Fsp3) is 0.133. The number of halogens is 1. The van der Waals surface area contributed by atoms with Crippen LogP contribution in [0.3, 0.4) is 0 Å². The summed E-state index contributed by atoms with van der Waals surface area (Å²) >= 11 is 0. The van der Waals surface area contributed by atoms with Crippen molar-refractivity contribution >= 4 is 5.97 Å². The van der Waals surface area contributed by atoms with Crippen LogP contribution in [0.4, 0.5) is 4.39 Å². The number of hydrogen-bond donors (Lipinski definition) is 1. The molecule has 2 aromatic carbocycles. The molecule has 2 aromatic rings. The van der Waals surface area contributed by atoms with Crippen LogP contribution < -0.4 is 4.74 Å². The van der Waals surface area contributed by atoms with Crippen molar-refractivity contribution in [3.63, 3.8) is 0 Å². The lowest BCUT2D eigenvalue weighted by Gasteiger charge is -2.09. The maximum absolute atomic E-state index is 13.1. The lowest BCUT2D eigenvalue weighted by molar-refractivity contribution is 0.0697. The van der Waals surface area contributed by atoms with Crippen molar-refractivity contribution in [2.24, 2.45) is 0 Å². The minimum absolute atomic E-state index is 0.0614. The molecule has 0 aliphatic rings. The predicted octanol–water partition coefficient (Wildman–Crippen LogP) is 3.59. The largest absolute Gasteiger partial charge is 0.494 e. The topological polar surface area (TPSA) is 46.5 Å². The molecule has 0 bridgehead atoms. The smallest absolute Gasteiger partial charge is 0.336 e. The Bertz CT molecular complexity index is 608. The molecule has 0 radical (unpaired) electrons. The van der Waals surface area contributed by atoms with Gasteiger partial charge in [-0.15, -0.1) is 0 Å². The van der Waals surface area contributed by atoms with E-state index in [0.717, 1.165) is 6.07 Å². The van der Waals surface area contributed by atoms with Gasteiger partial charge in [0.15, 0.2) is 0 Å². The number of ether oxygens (including phenoxy) is 1. The van der Waals surface area contributed by atoms with E-state index >= 15 is 0 Å². The van der Waals surface area contributed by atoms with Gasteiger partial charge in [-0.05, 0) is 42.3 Å². The molecule has 0 heterocycles. The third-order valence-electron chi connectivity index (χ3n) is 2.67. The third kappa shape index (κ3) is 2.91. The Balaban J connectivity index is 2.52. The zero-order chi connectivity index (χ0) is 13.8. The van der Waals surface area contributed by atoms with Gasteiger partial charge in [0.25, 0.3) is 0 Å². The van der Waals surface area contributed by atoms with E-state index in [0.29, 0.717) is 23.5 Å². The lowest BCUT2D eigenvalue weighted by Crippen LogP contribution is -2.00. The van der Waals surface area contributed by atoms with Crippen LogP contribution in [-0.4, -0.2) is 17.7 Å². The van der Waals surface area contributed by atoms with Crippen LogP contribution >= 0.6 is 0 Å².